The number of carbonyl (C=O) groups is 1. The molecule has 0 aromatic rings. The molecule has 0 radical (unpaired) electrons. The van der Waals surface area contributed by atoms with Crippen LogP contribution in [0.4, 0.5) is 0 Å². The van der Waals surface area contributed by atoms with E-state index in [1.807, 2.05) is 0 Å². The molecule has 0 N–H and O–H groups in total. The van der Waals surface area contributed by atoms with Gasteiger partial charge in [-0.3, -0.25) is 0 Å². The zero-order chi connectivity index (χ0) is 7.44. The number of hydrogen-bond acceptors (Lipinski definition) is 2. The van der Waals surface area contributed by atoms with E-state index in [4.69, 9.17) is 0 Å². The van der Waals surface area contributed by atoms with Crippen molar-refractivity contribution in [1.82, 2.24) is 0 Å². The Labute approximate surface area is 63.0 Å². The molecule has 2 nitrogen and oxygen atoms in total. The molecule has 0 bridgehead atoms. The molecule has 0 aromatic heterocycles. The summed E-state index contributed by atoms with van der Waals surface area (Å²) in [6.07, 6.45) is 0. The molecule has 0 saturated heterocycles. The first-order chi connectivity index (χ1) is 4.09. The van der Waals surface area contributed by atoms with Crippen LogP contribution < -0.4 is 0 Å². The molecule has 9 heavy (non-hydrogen) atoms. The average molecular weight is 193 g/mol. The van der Waals surface area contributed by atoms with Gasteiger partial charge in [0.25, 0.3) is 0 Å². The fourth-order valence-electron chi connectivity index (χ4n) is 0.294. The van der Waals surface area contributed by atoms with Crippen LogP contribution in [-0.2, 0) is 9.53 Å². The van der Waals surface area contributed by atoms with Gasteiger partial charge in [-0.1, -0.05) is 15.9 Å². The molecule has 0 aliphatic rings. The molecule has 0 rings (SSSR count). The van der Waals surface area contributed by atoms with Crippen LogP contribution in [0, 0.1) is 0 Å². The van der Waals surface area contributed by atoms with Crippen molar-refractivity contribution in [3.8, 4) is 0 Å². The van der Waals surface area contributed by atoms with Crippen molar-refractivity contribution in [2.75, 3.05) is 7.11 Å². The molecule has 0 unspecified atom stereocenters. The molecule has 0 heterocycles. The lowest BCUT2D eigenvalue weighted by Crippen LogP contribution is -2.01. The first-order valence-electron chi connectivity index (χ1n) is 2.51. The molecule has 0 aromatic carbocycles. The second-order valence-electron chi connectivity index (χ2n) is 1.65. The van der Waals surface area contributed by atoms with E-state index in [9.17, 15) is 4.79 Å². The molecule has 0 amide bonds. The van der Waals surface area contributed by atoms with E-state index >= 15 is 0 Å². The van der Waals surface area contributed by atoms with Crippen molar-refractivity contribution in [3.05, 3.63) is 10.1 Å². The van der Waals surface area contributed by atoms with Gasteiger partial charge in [-0.2, -0.15) is 0 Å². The van der Waals surface area contributed by atoms with E-state index in [0.29, 0.717) is 5.57 Å². The molecular weight excluding hydrogens is 184 g/mol. The first-order valence-corrected chi connectivity index (χ1v) is 3.30. The van der Waals surface area contributed by atoms with Crippen molar-refractivity contribution in [2.45, 2.75) is 13.8 Å². The highest BCUT2D eigenvalue weighted by Crippen LogP contribution is 2.10. The lowest BCUT2D eigenvalue weighted by Gasteiger charge is -1.97. The second-order valence-corrected chi connectivity index (χ2v) is 2.84. The number of methoxy groups -OCH3 is 1. The fourth-order valence-corrected chi connectivity index (χ4v) is 0.456. The smallest absolute Gasteiger partial charge is 0.334 e. The van der Waals surface area contributed by atoms with Gasteiger partial charge in [-0.25, -0.2) is 4.79 Å². The number of allylic oxidation sites excluding steroid dienone is 1. The minimum Gasteiger partial charge on any atom is -0.466 e. The summed E-state index contributed by atoms with van der Waals surface area (Å²) in [6, 6.07) is 0. The van der Waals surface area contributed by atoms with E-state index in [-0.39, 0.29) is 5.97 Å². The van der Waals surface area contributed by atoms with Gasteiger partial charge in [-0.05, 0) is 13.8 Å². The third-order valence-electron chi connectivity index (χ3n) is 1.01. The summed E-state index contributed by atoms with van der Waals surface area (Å²) in [4.78, 5) is 10.6. The largest absolute Gasteiger partial charge is 0.466 e. The average Bonchev–Trinajstić information content (AvgIpc) is 1.84. The van der Waals surface area contributed by atoms with Gasteiger partial charge >= 0.3 is 5.97 Å². The molecular formula is C6H9BrO2. The van der Waals surface area contributed by atoms with E-state index in [2.05, 4.69) is 20.7 Å². The van der Waals surface area contributed by atoms with Crippen LogP contribution >= 0.6 is 15.9 Å². The summed E-state index contributed by atoms with van der Waals surface area (Å²) in [5, 5.41) is 0. The quantitative estimate of drug-likeness (QED) is 0.469. The number of esters is 1. The predicted molar refractivity (Wildman–Crippen MR) is 39.3 cm³/mol. The maximum Gasteiger partial charge on any atom is 0.334 e. The van der Waals surface area contributed by atoms with E-state index < -0.39 is 0 Å². The molecule has 0 spiro atoms. The Morgan fingerprint density at radius 1 is 1.44 bits per heavy atom. The normalized spacial score (nSPS) is 12.4. The minimum atomic E-state index is -0.288. The van der Waals surface area contributed by atoms with Crippen LogP contribution in [0.2, 0.25) is 0 Å². The predicted octanol–water partition coefficient (Wildman–Crippen LogP) is 1.85. The number of ether oxygens (including phenoxy) is 1. The highest BCUT2D eigenvalue weighted by Gasteiger charge is 2.03. The van der Waals surface area contributed by atoms with Crippen molar-refractivity contribution >= 4 is 21.9 Å². The van der Waals surface area contributed by atoms with Gasteiger partial charge in [0.1, 0.15) is 0 Å². The Balaban J connectivity index is 4.21. The zero-order valence-electron chi connectivity index (χ0n) is 5.69. The van der Waals surface area contributed by atoms with Gasteiger partial charge in [0, 0.05) is 10.1 Å². The molecule has 52 valence electrons. The molecule has 0 saturated carbocycles. The number of carbonyl (C=O) groups excluding carboxylic acids is 1. The second kappa shape index (κ2) is 3.67. The van der Waals surface area contributed by atoms with Crippen LogP contribution in [0.15, 0.2) is 10.1 Å². The molecule has 0 aliphatic heterocycles. The third kappa shape index (κ3) is 2.65. The number of hydrogen-bond donors (Lipinski definition) is 0. The van der Waals surface area contributed by atoms with Crippen LogP contribution in [0.3, 0.4) is 0 Å². The Morgan fingerprint density at radius 2 is 1.89 bits per heavy atom. The van der Waals surface area contributed by atoms with Gasteiger partial charge in [0.15, 0.2) is 0 Å². The number of rotatable bonds is 1. The van der Waals surface area contributed by atoms with Crippen molar-refractivity contribution in [2.24, 2.45) is 0 Å². The Bertz CT molecular complexity index is 145. The van der Waals surface area contributed by atoms with Crippen LogP contribution in [0.5, 0.6) is 0 Å². The lowest BCUT2D eigenvalue weighted by molar-refractivity contribution is -0.136. The van der Waals surface area contributed by atoms with Crippen LogP contribution in [0.25, 0.3) is 0 Å². The van der Waals surface area contributed by atoms with Gasteiger partial charge in [-0.15, -0.1) is 0 Å². The molecule has 0 aliphatic carbocycles. The monoisotopic (exact) mass is 192 g/mol. The summed E-state index contributed by atoms with van der Waals surface area (Å²) in [5.41, 5.74) is 0.609. The van der Waals surface area contributed by atoms with E-state index in [1.54, 1.807) is 13.8 Å². The number of halogens is 1. The van der Waals surface area contributed by atoms with Crippen molar-refractivity contribution in [3.63, 3.8) is 0 Å². The Morgan fingerprint density at radius 3 is 2.00 bits per heavy atom. The van der Waals surface area contributed by atoms with Crippen molar-refractivity contribution in [1.29, 1.82) is 0 Å². The maximum absolute atomic E-state index is 10.6. The van der Waals surface area contributed by atoms with Gasteiger partial charge in [0.05, 0.1) is 7.11 Å². The van der Waals surface area contributed by atoms with E-state index in [0.717, 1.165) is 4.48 Å². The summed E-state index contributed by atoms with van der Waals surface area (Å²) in [6.45, 7) is 3.50. The lowest BCUT2D eigenvalue weighted by atomic mass is 10.3. The Kier molecular flexibility index (Phi) is 3.54. The summed E-state index contributed by atoms with van der Waals surface area (Å²) in [5.74, 6) is -0.288. The zero-order valence-corrected chi connectivity index (χ0v) is 7.28. The highest BCUT2D eigenvalue weighted by molar-refractivity contribution is 9.11. The maximum atomic E-state index is 10.6. The SMILES string of the molecule is COC(=O)/C(C)=C(/C)Br. The molecule has 3 heteroatoms. The minimum absolute atomic E-state index is 0.288. The summed E-state index contributed by atoms with van der Waals surface area (Å²) in [7, 11) is 1.36. The Hall–Kier alpha value is -0.310. The standard InChI is InChI=1S/C6H9BrO2/c1-4(5(2)7)6(8)9-3/h1-3H3/b5-4-. The third-order valence-corrected chi connectivity index (χ3v) is 1.60. The van der Waals surface area contributed by atoms with Crippen molar-refractivity contribution < 1.29 is 9.53 Å². The van der Waals surface area contributed by atoms with Gasteiger partial charge in [0.2, 0.25) is 0 Å². The van der Waals surface area contributed by atoms with Gasteiger partial charge < -0.3 is 4.74 Å². The molecule has 0 atom stereocenters. The fraction of sp³-hybridized carbons (Fsp3) is 0.500. The first kappa shape index (κ1) is 8.69. The summed E-state index contributed by atoms with van der Waals surface area (Å²) >= 11 is 3.16. The topological polar surface area (TPSA) is 26.3 Å². The van der Waals surface area contributed by atoms with Crippen LogP contribution in [0.1, 0.15) is 13.8 Å². The van der Waals surface area contributed by atoms with Crippen LogP contribution in [-0.4, -0.2) is 13.1 Å². The molecule has 0 fully saturated rings. The highest BCUT2D eigenvalue weighted by atomic mass is 79.9. The van der Waals surface area contributed by atoms with E-state index in [1.165, 1.54) is 7.11 Å². The summed E-state index contributed by atoms with van der Waals surface area (Å²) < 4.78 is 5.26.